The van der Waals surface area contributed by atoms with Gasteiger partial charge in [0.1, 0.15) is 0 Å². The van der Waals surface area contributed by atoms with E-state index >= 15 is 0 Å². The molecule has 3 rings (SSSR count). The number of sulfonamides is 1. The molecule has 1 aliphatic carbocycles. The third-order valence-electron chi connectivity index (χ3n) is 4.98. The van der Waals surface area contributed by atoms with E-state index in [-0.39, 0.29) is 11.8 Å². The molecule has 1 aliphatic heterocycles. The van der Waals surface area contributed by atoms with Crippen molar-refractivity contribution < 1.29 is 13.2 Å². The van der Waals surface area contributed by atoms with Gasteiger partial charge in [0, 0.05) is 31.2 Å². The molecule has 0 aromatic heterocycles. The van der Waals surface area contributed by atoms with Crippen LogP contribution in [0.1, 0.15) is 32.8 Å². The minimum absolute atomic E-state index is 0.153. The van der Waals surface area contributed by atoms with Gasteiger partial charge in [0.05, 0.1) is 4.90 Å². The maximum absolute atomic E-state index is 12.6. The highest BCUT2D eigenvalue weighted by molar-refractivity contribution is 7.89. The molecule has 6 heteroatoms. The minimum Gasteiger partial charge on any atom is -0.312 e. The van der Waals surface area contributed by atoms with E-state index in [0.29, 0.717) is 30.4 Å². The molecule has 1 saturated carbocycles. The number of hydrogen-bond acceptors (Lipinski definition) is 3. The molecule has 1 aromatic carbocycles. The summed E-state index contributed by atoms with van der Waals surface area (Å²) in [6.45, 7) is 7.35. The van der Waals surface area contributed by atoms with Crippen LogP contribution in [-0.4, -0.2) is 38.3 Å². The number of rotatable bonds is 5. The Morgan fingerprint density at radius 2 is 1.96 bits per heavy atom. The Morgan fingerprint density at radius 3 is 2.52 bits per heavy atom. The second kappa shape index (κ2) is 5.91. The number of benzene rings is 1. The lowest BCUT2D eigenvalue weighted by Gasteiger charge is -2.20. The average Bonchev–Trinajstić information content (AvgIpc) is 3.11. The van der Waals surface area contributed by atoms with Gasteiger partial charge >= 0.3 is 0 Å². The van der Waals surface area contributed by atoms with Crippen molar-refractivity contribution in [1.29, 1.82) is 0 Å². The molecule has 1 fully saturated rings. The lowest BCUT2D eigenvalue weighted by molar-refractivity contribution is -0.119. The van der Waals surface area contributed by atoms with Crippen LogP contribution in [0.5, 0.6) is 0 Å². The van der Waals surface area contributed by atoms with Crippen molar-refractivity contribution in [2.75, 3.05) is 24.5 Å². The summed E-state index contributed by atoms with van der Waals surface area (Å²) in [6.07, 6.45) is 1.70. The number of fused-ring (bicyclic) bond motifs is 1. The van der Waals surface area contributed by atoms with Crippen molar-refractivity contribution in [3.05, 3.63) is 23.8 Å². The van der Waals surface area contributed by atoms with Gasteiger partial charge in [-0.3, -0.25) is 4.79 Å². The Morgan fingerprint density at radius 1 is 1.30 bits per heavy atom. The van der Waals surface area contributed by atoms with Crippen LogP contribution in [0.4, 0.5) is 5.69 Å². The molecular weight excluding hydrogens is 312 g/mol. The van der Waals surface area contributed by atoms with E-state index in [1.54, 1.807) is 18.2 Å². The highest BCUT2D eigenvalue weighted by Gasteiger charge is 2.43. The zero-order chi connectivity index (χ0) is 16.8. The van der Waals surface area contributed by atoms with Crippen LogP contribution in [0.15, 0.2) is 23.1 Å². The molecule has 0 bridgehead atoms. The fourth-order valence-corrected chi connectivity index (χ4v) is 4.86. The van der Waals surface area contributed by atoms with E-state index < -0.39 is 10.0 Å². The quantitative estimate of drug-likeness (QED) is 0.829. The van der Waals surface area contributed by atoms with Crippen molar-refractivity contribution in [1.82, 2.24) is 4.31 Å². The first-order valence-electron chi connectivity index (χ1n) is 8.34. The predicted octanol–water partition coefficient (Wildman–Crippen LogP) is 2.26. The first-order chi connectivity index (χ1) is 10.9. The summed E-state index contributed by atoms with van der Waals surface area (Å²) in [5.41, 5.74) is 1.84. The molecule has 2 aliphatic rings. The summed E-state index contributed by atoms with van der Waals surface area (Å²) in [7, 11) is -3.44. The number of hydrogen-bond donors (Lipinski definition) is 0. The predicted molar refractivity (Wildman–Crippen MR) is 89.9 cm³/mol. The Balaban J connectivity index is 1.88. The van der Waals surface area contributed by atoms with Crippen LogP contribution in [0.3, 0.4) is 0 Å². The molecule has 126 valence electrons. The molecule has 23 heavy (non-hydrogen) atoms. The minimum atomic E-state index is -3.44. The molecule has 0 radical (unpaired) electrons. The number of nitrogens with zero attached hydrogens (tertiary/aromatic N) is 2. The molecule has 1 heterocycles. The third kappa shape index (κ3) is 2.78. The SMILES string of the molecule is CCN(CC)S(=O)(=O)c1ccc2c(c1)CCN2C(=O)C1CC1C. The van der Waals surface area contributed by atoms with Gasteiger partial charge in [-0.25, -0.2) is 8.42 Å². The highest BCUT2D eigenvalue weighted by Crippen LogP contribution is 2.42. The zero-order valence-electron chi connectivity index (χ0n) is 13.9. The van der Waals surface area contributed by atoms with E-state index in [1.807, 2.05) is 18.7 Å². The number of carbonyl (C=O) groups is 1. The maximum Gasteiger partial charge on any atom is 0.243 e. The normalized spacial score (nSPS) is 23.2. The Bertz CT molecular complexity index is 725. The summed E-state index contributed by atoms with van der Waals surface area (Å²) >= 11 is 0. The van der Waals surface area contributed by atoms with Gasteiger partial charge in [0.2, 0.25) is 15.9 Å². The fraction of sp³-hybridized carbons (Fsp3) is 0.588. The molecule has 1 amide bonds. The zero-order valence-corrected chi connectivity index (χ0v) is 14.8. The summed E-state index contributed by atoms with van der Waals surface area (Å²) in [4.78, 5) is 14.6. The smallest absolute Gasteiger partial charge is 0.243 e. The van der Waals surface area contributed by atoms with Crippen LogP contribution in [0.25, 0.3) is 0 Å². The summed E-state index contributed by atoms with van der Waals surface area (Å²) in [5.74, 6) is 0.824. The van der Waals surface area contributed by atoms with Crippen molar-refractivity contribution in [2.24, 2.45) is 11.8 Å². The van der Waals surface area contributed by atoms with Gasteiger partial charge in [-0.1, -0.05) is 20.8 Å². The molecule has 0 N–H and O–H groups in total. The summed E-state index contributed by atoms with van der Waals surface area (Å²) in [6, 6.07) is 5.17. The van der Waals surface area contributed by atoms with Crippen LogP contribution in [0.2, 0.25) is 0 Å². The molecule has 2 unspecified atom stereocenters. The van der Waals surface area contributed by atoms with Crippen molar-refractivity contribution >= 4 is 21.6 Å². The van der Waals surface area contributed by atoms with Gasteiger partial charge in [-0.2, -0.15) is 4.31 Å². The highest BCUT2D eigenvalue weighted by atomic mass is 32.2. The van der Waals surface area contributed by atoms with E-state index in [0.717, 1.165) is 24.1 Å². The maximum atomic E-state index is 12.6. The molecule has 5 nitrogen and oxygen atoms in total. The van der Waals surface area contributed by atoms with Gasteiger partial charge in [0.25, 0.3) is 0 Å². The Hall–Kier alpha value is -1.40. The Kier molecular flexibility index (Phi) is 4.23. The van der Waals surface area contributed by atoms with Gasteiger partial charge in [-0.05, 0) is 42.5 Å². The molecule has 2 atom stereocenters. The van der Waals surface area contributed by atoms with Gasteiger partial charge in [0.15, 0.2) is 0 Å². The van der Waals surface area contributed by atoms with Gasteiger partial charge < -0.3 is 4.90 Å². The van der Waals surface area contributed by atoms with Gasteiger partial charge in [-0.15, -0.1) is 0 Å². The number of carbonyl (C=O) groups excluding carboxylic acids is 1. The van der Waals surface area contributed by atoms with E-state index in [1.165, 1.54) is 4.31 Å². The third-order valence-corrected chi connectivity index (χ3v) is 7.03. The van der Waals surface area contributed by atoms with E-state index in [2.05, 4.69) is 6.92 Å². The number of anilines is 1. The fourth-order valence-electron chi connectivity index (χ4n) is 3.35. The first-order valence-corrected chi connectivity index (χ1v) is 9.78. The second-order valence-electron chi connectivity index (χ2n) is 6.44. The molecular formula is C17H24N2O3S. The topological polar surface area (TPSA) is 57.7 Å². The largest absolute Gasteiger partial charge is 0.312 e. The Labute approximate surface area is 138 Å². The lowest BCUT2D eigenvalue weighted by Crippen LogP contribution is -2.31. The summed E-state index contributed by atoms with van der Waals surface area (Å²) < 4.78 is 26.7. The van der Waals surface area contributed by atoms with Crippen LogP contribution in [-0.2, 0) is 21.2 Å². The van der Waals surface area contributed by atoms with Crippen molar-refractivity contribution in [3.63, 3.8) is 0 Å². The van der Waals surface area contributed by atoms with Crippen LogP contribution >= 0.6 is 0 Å². The molecule has 1 aromatic rings. The van der Waals surface area contributed by atoms with E-state index in [9.17, 15) is 13.2 Å². The summed E-state index contributed by atoms with van der Waals surface area (Å²) in [5, 5.41) is 0. The van der Waals surface area contributed by atoms with E-state index in [4.69, 9.17) is 0 Å². The van der Waals surface area contributed by atoms with Crippen LogP contribution < -0.4 is 4.90 Å². The first kappa shape index (κ1) is 16.5. The second-order valence-corrected chi connectivity index (χ2v) is 8.38. The molecule has 0 saturated heterocycles. The van der Waals surface area contributed by atoms with Crippen LogP contribution in [0, 0.1) is 11.8 Å². The monoisotopic (exact) mass is 336 g/mol. The lowest BCUT2D eigenvalue weighted by atomic mass is 10.2. The average molecular weight is 336 g/mol. The van der Waals surface area contributed by atoms with Crippen molar-refractivity contribution in [2.45, 2.75) is 38.5 Å². The van der Waals surface area contributed by atoms with Crippen molar-refractivity contribution in [3.8, 4) is 0 Å². The number of amides is 1. The molecule has 0 spiro atoms. The standard InChI is InChI=1S/C17H24N2O3S/c1-4-18(5-2)23(21,22)14-6-7-16-13(11-14)8-9-19(16)17(20)15-10-12(15)3/h6-7,11-12,15H,4-5,8-10H2,1-3H3.